The Kier molecular flexibility index (Phi) is 9.65. The molecule has 0 fully saturated rings. The zero-order chi connectivity index (χ0) is 15.5. The third kappa shape index (κ3) is 7.26. The summed E-state index contributed by atoms with van der Waals surface area (Å²) in [7, 11) is 4.84. The van der Waals surface area contributed by atoms with Gasteiger partial charge in [-0.2, -0.15) is 0 Å². The Morgan fingerprint density at radius 2 is 1.71 bits per heavy atom. The average molecular weight is 316 g/mol. The molecule has 1 N–H and O–H groups in total. The highest BCUT2D eigenvalue weighted by Gasteiger charge is 2.09. The van der Waals surface area contributed by atoms with E-state index in [0.717, 1.165) is 10.5 Å². The number of aliphatic hydroxyl groups excluding tert-OH is 1. The van der Waals surface area contributed by atoms with Gasteiger partial charge in [0.2, 0.25) is 0 Å². The Morgan fingerprint density at radius 3 is 2.29 bits per heavy atom. The van der Waals surface area contributed by atoms with Crippen molar-refractivity contribution in [2.24, 2.45) is 0 Å². The molecule has 0 heterocycles. The SMILES string of the molecule is COCCOCC(O)CSc1ccc(C(OC)OC)cc1. The van der Waals surface area contributed by atoms with Gasteiger partial charge in [-0.15, -0.1) is 11.8 Å². The van der Waals surface area contributed by atoms with E-state index in [2.05, 4.69) is 0 Å². The molecule has 0 aliphatic heterocycles. The van der Waals surface area contributed by atoms with Crippen LogP contribution in [-0.2, 0) is 18.9 Å². The number of aliphatic hydroxyl groups is 1. The molecule has 0 aliphatic rings. The minimum atomic E-state index is -0.489. The molecule has 5 nitrogen and oxygen atoms in total. The smallest absolute Gasteiger partial charge is 0.183 e. The summed E-state index contributed by atoms with van der Waals surface area (Å²) < 4.78 is 20.5. The largest absolute Gasteiger partial charge is 0.390 e. The topological polar surface area (TPSA) is 57.2 Å². The van der Waals surface area contributed by atoms with E-state index < -0.39 is 6.10 Å². The maximum absolute atomic E-state index is 9.80. The fourth-order valence-corrected chi connectivity index (χ4v) is 2.50. The predicted octanol–water partition coefficient (Wildman–Crippen LogP) is 2.09. The van der Waals surface area contributed by atoms with Gasteiger partial charge in [-0.3, -0.25) is 0 Å². The molecule has 0 radical (unpaired) electrons. The quantitative estimate of drug-likeness (QED) is 0.383. The van der Waals surface area contributed by atoms with Crippen molar-refractivity contribution in [2.75, 3.05) is 46.9 Å². The minimum absolute atomic E-state index is 0.323. The molecule has 1 aromatic rings. The first kappa shape index (κ1) is 18.4. The number of thioether (sulfide) groups is 1. The molecule has 0 saturated heterocycles. The summed E-state index contributed by atoms with van der Waals surface area (Å²) >= 11 is 1.59. The first-order chi connectivity index (χ1) is 10.2. The predicted molar refractivity (Wildman–Crippen MR) is 82.6 cm³/mol. The Hall–Kier alpha value is -0.630. The van der Waals surface area contributed by atoms with E-state index in [1.165, 1.54) is 0 Å². The summed E-state index contributed by atoms with van der Waals surface area (Å²) in [6, 6.07) is 7.90. The fourth-order valence-electron chi connectivity index (χ4n) is 1.69. The molecular weight excluding hydrogens is 292 g/mol. The van der Waals surface area contributed by atoms with Crippen molar-refractivity contribution < 1.29 is 24.1 Å². The van der Waals surface area contributed by atoms with Crippen LogP contribution >= 0.6 is 11.8 Å². The van der Waals surface area contributed by atoms with Crippen LogP contribution in [0.15, 0.2) is 29.2 Å². The van der Waals surface area contributed by atoms with Gasteiger partial charge < -0.3 is 24.1 Å². The van der Waals surface area contributed by atoms with Gasteiger partial charge in [0, 0.05) is 37.5 Å². The highest BCUT2D eigenvalue weighted by Crippen LogP contribution is 2.23. The van der Waals surface area contributed by atoms with Gasteiger partial charge in [0.25, 0.3) is 0 Å². The number of ether oxygens (including phenoxy) is 4. The Bertz CT molecular complexity index is 367. The molecule has 21 heavy (non-hydrogen) atoms. The van der Waals surface area contributed by atoms with Crippen molar-refractivity contribution in [3.8, 4) is 0 Å². The lowest BCUT2D eigenvalue weighted by Gasteiger charge is -2.14. The molecule has 1 atom stereocenters. The number of hydrogen-bond donors (Lipinski definition) is 1. The van der Waals surface area contributed by atoms with E-state index in [1.54, 1.807) is 33.1 Å². The van der Waals surface area contributed by atoms with Crippen molar-refractivity contribution in [3.63, 3.8) is 0 Å². The van der Waals surface area contributed by atoms with Gasteiger partial charge in [0.15, 0.2) is 6.29 Å². The van der Waals surface area contributed by atoms with Crippen molar-refractivity contribution in [3.05, 3.63) is 29.8 Å². The average Bonchev–Trinajstić information content (AvgIpc) is 2.52. The van der Waals surface area contributed by atoms with Crippen LogP contribution in [0.2, 0.25) is 0 Å². The summed E-state index contributed by atoms with van der Waals surface area (Å²) in [6.45, 7) is 1.37. The van der Waals surface area contributed by atoms with Crippen LogP contribution in [0.1, 0.15) is 11.9 Å². The lowest BCUT2D eigenvalue weighted by Crippen LogP contribution is -2.19. The molecule has 1 aromatic carbocycles. The van der Waals surface area contributed by atoms with Crippen LogP contribution in [0.3, 0.4) is 0 Å². The van der Waals surface area contributed by atoms with E-state index in [0.29, 0.717) is 25.6 Å². The van der Waals surface area contributed by atoms with Crippen LogP contribution in [-0.4, -0.2) is 58.1 Å². The number of methoxy groups -OCH3 is 3. The molecule has 1 unspecified atom stereocenters. The van der Waals surface area contributed by atoms with E-state index in [1.807, 2.05) is 24.3 Å². The summed E-state index contributed by atoms with van der Waals surface area (Å²) in [5.74, 6) is 0.588. The van der Waals surface area contributed by atoms with E-state index in [9.17, 15) is 5.11 Å². The molecule has 0 spiro atoms. The zero-order valence-electron chi connectivity index (χ0n) is 12.8. The van der Waals surface area contributed by atoms with Gasteiger partial charge in [0.05, 0.1) is 25.9 Å². The zero-order valence-corrected chi connectivity index (χ0v) is 13.6. The van der Waals surface area contributed by atoms with Gasteiger partial charge in [0.1, 0.15) is 0 Å². The van der Waals surface area contributed by atoms with Crippen LogP contribution in [0.25, 0.3) is 0 Å². The van der Waals surface area contributed by atoms with Crippen LogP contribution in [0.4, 0.5) is 0 Å². The molecule has 120 valence electrons. The van der Waals surface area contributed by atoms with E-state index >= 15 is 0 Å². The summed E-state index contributed by atoms with van der Waals surface area (Å²) in [5, 5.41) is 9.80. The van der Waals surface area contributed by atoms with Crippen LogP contribution < -0.4 is 0 Å². The van der Waals surface area contributed by atoms with Gasteiger partial charge in [-0.1, -0.05) is 12.1 Å². The summed E-state index contributed by atoms with van der Waals surface area (Å²) in [6.07, 6.45) is -0.832. The Labute approximate surface area is 130 Å². The molecule has 1 rings (SSSR count). The van der Waals surface area contributed by atoms with Crippen LogP contribution in [0.5, 0.6) is 0 Å². The monoisotopic (exact) mass is 316 g/mol. The standard InChI is InChI=1S/C15H24O5S/c1-17-8-9-20-10-13(16)11-21-14-6-4-12(5-7-14)15(18-2)19-3/h4-7,13,15-16H,8-11H2,1-3H3. The van der Waals surface area contributed by atoms with Crippen molar-refractivity contribution in [2.45, 2.75) is 17.3 Å². The Balaban J connectivity index is 2.32. The Morgan fingerprint density at radius 1 is 1.05 bits per heavy atom. The molecule has 0 saturated carbocycles. The molecular formula is C15H24O5S. The third-order valence-electron chi connectivity index (χ3n) is 2.76. The normalized spacial score (nSPS) is 12.8. The van der Waals surface area contributed by atoms with Gasteiger partial charge in [-0.05, 0) is 12.1 Å². The fraction of sp³-hybridized carbons (Fsp3) is 0.600. The lowest BCUT2D eigenvalue weighted by atomic mass is 10.2. The van der Waals surface area contributed by atoms with E-state index in [4.69, 9.17) is 18.9 Å². The van der Waals surface area contributed by atoms with Gasteiger partial charge >= 0.3 is 0 Å². The maximum atomic E-state index is 9.80. The minimum Gasteiger partial charge on any atom is -0.390 e. The maximum Gasteiger partial charge on any atom is 0.183 e. The van der Waals surface area contributed by atoms with Gasteiger partial charge in [-0.25, -0.2) is 0 Å². The van der Waals surface area contributed by atoms with Crippen LogP contribution in [0, 0.1) is 0 Å². The second-order valence-electron chi connectivity index (χ2n) is 4.40. The number of rotatable bonds is 11. The highest BCUT2D eigenvalue weighted by atomic mass is 32.2. The lowest BCUT2D eigenvalue weighted by molar-refractivity contribution is -0.106. The summed E-state index contributed by atoms with van der Waals surface area (Å²) in [4.78, 5) is 1.08. The second-order valence-corrected chi connectivity index (χ2v) is 5.50. The molecule has 6 heteroatoms. The third-order valence-corrected chi connectivity index (χ3v) is 3.92. The van der Waals surface area contributed by atoms with E-state index in [-0.39, 0.29) is 6.29 Å². The second kappa shape index (κ2) is 11.0. The highest BCUT2D eigenvalue weighted by molar-refractivity contribution is 7.99. The number of benzene rings is 1. The molecule has 0 aromatic heterocycles. The molecule has 0 amide bonds. The van der Waals surface area contributed by atoms with Crippen molar-refractivity contribution >= 4 is 11.8 Å². The molecule has 0 bridgehead atoms. The summed E-state index contributed by atoms with van der Waals surface area (Å²) in [5.41, 5.74) is 0.966. The van der Waals surface area contributed by atoms with Crippen molar-refractivity contribution in [1.29, 1.82) is 0 Å². The first-order valence-corrected chi connectivity index (χ1v) is 7.73. The molecule has 0 aliphatic carbocycles. The van der Waals surface area contributed by atoms with Crippen molar-refractivity contribution in [1.82, 2.24) is 0 Å². The number of hydrogen-bond acceptors (Lipinski definition) is 6. The first-order valence-electron chi connectivity index (χ1n) is 6.74.